The molecule has 2 amide bonds. The third-order valence-electron chi connectivity index (χ3n) is 4.93. The number of amides is 2. The van der Waals surface area contributed by atoms with Crippen LogP contribution in [-0.2, 0) is 11.0 Å². The molecule has 4 rings (SSSR count). The number of rotatable bonds is 4. The van der Waals surface area contributed by atoms with Crippen LogP contribution in [0.2, 0.25) is 5.02 Å². The fourth-order valence-electron chi connectivity index (χ4n) is 3.29. The number of benzene rings is 3. The van der Waals surface area contributed by atoms with E-state index >= 15 is 0 Å². The van der Waals surface area contributed by atoms with Crippen molar-refractivity contribution in [2.75, 3.05) is 17.2 Å². The number of nitrogens with one attached hydrogen (secondary N) is 2. The Morgan fingerprint density at radius 1 is 0.941 bits per heavy atom. The van der Waals surface area contributed by atoms with Crippen molar-refractivity contribution in [1.82, 2.24) is 0 Å². The molecule has 34 heavy (non-hydrogen) atoms. The van der Waals surface area contributed by atoms with E-state index < -0.39 is 35.1 Å². The van der Waals surface area contributed by atoms with Gasteiger partial charge in [0.25, 0.3) is 11.8 Å². The maximum atomic E-state index is 13.8. The molecule has 1 heterocycles. The molecule has 10 heteroatoms. The number of carbonyl (C=O) groups excluding carboxylic acids is 2. The largest absolute Gasteiger partial charge is 0.488 e. The molecule has 5 nitrogen and oxygen atoms in total. The SMILES string of the molecule is O=C(Nc1ccc(NC(=O)c2ccccc2F)cc1C(F)(F)F)C1=Cc2cc(Cl)ccc2OC1. The molecule has 0 unspecified atom stereocenters. The van der Waals surface area contributed by atoms with Crippen LogP contribution in [0.3, 0.4) is 0 Å². The van der Waals surface area contributed by atoms with Crippen LogP contribution in [0.25, 0.3) is 6.08 Å². The summed E-state index contributed by atoms with van der Waals surface area (Å²) in [6.07, 6.45) is -3.37. The van der Waals surface area contributed by atoms with Crippen molar-refractivity contribution < 1.29 is 31.9 Å². The van der Waals surface area contributed by atoms with Crippen LogP contribution in [0.15, 0.2) is 66.2 Å². The van der Waals surface area contributed by atoms with Gasteiger partial charge in [0.15, 0.2) is 0 Å². The first-order valence-electron chi connectivity index (χ1n) is 9.83. The minimum Gasteiger partial charge on any atom is -0.488 e. The molecule has 0 radical (unpaired) electrons. The van der Waals surface area contributed by atoms with Crippen LogP contribution >= 0.6 is 11.6 Å². The van der Waals surface area contributed by atoms with Crippen LogP contribution in [0.4, 0.5) is 28.9 Å². The highest BCUT2D eigenvalue weighted by molar-refractivity contribution is 6.30. The van der Waals surface area contributed by atoms with E-state index in [1.165, 1.54) is 30.3 Å². The number of anilines is 2. The van der Waals surface area contributed by atoms with Gasteiger partial charge >= 0.3 is 6.18 Å². The van der Waals surface area contributed by atoms with Crippen molar-refractivity contribution in [2.45, 2.75) is 6.18 Å². The van der Waals surface area contributed by atoms with Gasteiger partial charge in [0.2, 0.25) is 0 Å². The molecule has 0 bridgehead atoms. The number of halogens is 5. The molecule has 0 saturated heterocycles. The van der Waals surface area contributed by atoms with Crippen LogP contribution in [0.1, 0.15) is 21.5 Å². The quantitative estimate of drug-likeness (QED) is 0.430. The van der Waals surface area contributed by atoms with E-state index in [-0.39, 0.29) is 23.4 Å². The highest BCUT2D eigenvalue weighted by atomic mass is 35.5. The van der Waals surface area contributed by atoms with Gasteiger partial charge in [0.1, 0.15) is 18.2 Å². The summed E-state index contributed by atoms with van der Waals surface area (Å²) in [4.78, 5) is 24.9. The summed E-state index contributed by atoms with van der Waals surface area (Å²) in [5, 5.41) is 4.89. The lowest BCUT2D eigenvalue weighted by atomic mass is 10.1. The summed E-state index contributed by atoms with van der Waals surface area (Å²) in [6, 6.07) is 12.7. The Hall–Kier alpha value is -3.85. The predicted octanol–water partition coefficient (Wildman–Crippen LogP) is 6.16. The van der Waals surface area contributed by atoms with Gasteiger partial charge in [-0.15, -0.1) is 0 Å². The topological polar surface area (TPSA) is 67.4 Å². The Bertz CT molecular complexity index is 1320. The maximum Gasteiger partial charge on any atom is 0.418 e. The Labute approximate surface area is 196 Å². The number of hydrogen-bond donors (Lipinski definition) is 2. The zero-order valence-corrected chi connectivity index (χ0v) is 17.9. The van der Waals surface area contributed by atoms with Crippen LogP contribution in [-0.4, -0.2) is 18.4 Å². The molecular formula is C24H15ClF4N2O3. The molecule has 1 aliphatic heterocycles. The highest BCUT2D eigenvalue weighted by Gasteiger charge is 2.35. The van der Waals surface area contributed by atoms with Crippen molar-refractivity contribution in [3.8, 4) is 5.75 Å². The van der Waals surface area contributed by atoms with Crippen molar-refractivity contribution in [1.29, 1.82) is 0 Å². The molecular weight excluding hydrogens is 476 g/mol. The first kappa shape index (κ1) is 23.3. The first-order valence-corrected chi connectivity index (χ1v) is 10.2. The lowest BCUT2D eigenvalue weighted by Crippen LogP contribution is -2.23. The molecule has 2 N–H and O–H groups in total. The summed E-state index contributed by atoms with van der Waals surface area (Å²) in [5.41, 5.74) is -1.63. The second-order valence-electron chi connectivity index (χ2n) is 7.29. The lowest BCUT2D eigenvalue weighted by molar-refractivity contribution is -0.136. The smallest absolute Gasteiger partial charge is 0.418 e. The van der Waals surface area contributed by atoms with Crippen molar-refractivity contribution in [2.24, 2.45) is 0 Å². The lowest BCUT2D eigenvalue weighted by Gasteiger charge is -2.19. The molecule has 0 saturated carbocycles. The third-order valence-corrected chi connectivity index (χ3v) is 5.16. The summed E-state index contributed by atoms with van der Waals surface area (Å²) >= 11 is 5.94. The highest BCUT2D eigenvalue weighted by Crippen LogP contribution is 2.37. The Morgan fingerprint density at radius 3 is 2.44 bits per heavy atom. The van der Waals surface area contributed by atoms with Gasteiger partial charge in [0, 0.05) is 16.3 Å². The zero-order chi connectivity index (χ0) is 24.5. The second kappa shape index (κ2) is 9.18. The minimum atomic E-state index is -4.85. The van der Waals surface area contributed by atoms with E-state index in [2.05, 4.69) is 10.6 Å². The van der Waals surface area contributed by atoms with Crippen LogP contribution in [0.5, 0.6) is 5.75 Å². The van der Waals surface area contributed by atoms with Crippen LogP contribution < -0.4 is 15.4 Å². The predicted molar refractivity (Wildman–Crippen MR) is 119 cm³/mol. The fourth-order valence-corrected chi connectivity index (χ4v) is 3.47. The zero-order valence-electron chi connectivity index (χ0n) is 17.2. The van der Waals surface area contributed by atoms with Gasteiger partial charge < -0.3 is 15.4 Å². The van der Waals surface area contributed by atoms with Crippen molar-refractivity contribution in [3.05, 3.63) is 93.8 Å². The number of hydrogen-bond acceptors (Lipinski definition) is 3. The molecule has 0 fully saturated rings. The van der Waals surface area contributed by atoms with Crippen molar-refractivity contribution >= 4 is 40.9 Å². The summed E-state index contributed by atoms with van der Waals surface area (Å²) in [6.45, 7) is -0.140. The van der Waals surface area contributed by atoms with E-state index in [0.29, 0.717) is 22.4 Å². The second-order valence-corrected chi connectivity index (χ2v) is 7.72. The molecule has 0 spiro atoms. The Morgan fingerprint density at radius 2 is 1.71 bits per heavy atom. The van der Waals surface area contributed by atoms with Gasteiger partial charge in [-0.1, -0.05) is 23.7 Å². The first-order chi connectivity index (χ1) is 16.1. The van der Waals surface area contributed by atoms with Gasteiger partial charge in [-0.3, -0.25) is 9.59 Å². The molecule has 0 atom stereocenters. The van der Waals surface area contributed by atoms with E-state index in [0.717, 1.165) is 12.1 Å². The molecule has 3 aromatic rings. The standard InChI is InChI=1S/C24H15ClF4N2O3/c25-15-5-8-21-13(10-15)9-14(12-34-21)22(32)31-20-7-6-16(11-18(20)24(27,28)29)30-23(33)17-3-1-2-4-19(17)26/h1-11H,12H2,(H,30,33)(H,31,32). The Balaban J connectivity index is 1.58. The van der Waals surface area contributed by atoms with Gasteiger partial charge in [-0.05, 0) is 54.6 Å². The number of carbonyl (C=O) groups is 2. The monoisotopic (exact) mass is 490 g/mol. The summed E-state index contributed by atoms with van der Waals surface area (Å²) in [7, 11) is 0. The van der Waals surface area contributed by atoms with E-state index in [1.807, 2.05) is 0 Å². The average Bonchev–Trinajstić information content (AvgIpc) is 2.79. The normalized spacial score (nSPS) is 12.8. The van der Waals surface area contributed by atoms with E-state index in [1.54, 1.807) is 18.2 Å². The van der Waals surface area contributed by atoms with E-state index in [4.69, 9.17) is 16.3 Å². The molecule has 3 aromatic carbocycles. The Kier molecular flexibility index (Phi) is 6.30. The van der Waals surface area contributed by atoms with Gasteiger partial charge in [-0.25, -0.2) is 4.39 Å². The number of alkyl halides is 3. The molecule has 174 valence electrons. The maximum absolute atomic E-state index is 13.8. The molecule has 0 aromatic heterocycles. The fraction of sp³-hybridized carbons (Fsp3) is 0.0833. The number of ether oxygens (including phenoxy) is 1. The third kappa shape index (κ3) is 5.04. The average molecular weight is 491 g/mol. The van der Waals surface area contributed by atoms with Crippen LogP contribution in [0, 0.1) is 5.82 Å². The molecule has 1 aliphatic rings. The van der Waals surface area contributed by atoms with Gasteiger partial charge in [0.05, 0.1) is 22.4 Å². The summed E-state index contributed by atoms with van der Waals surface area (Å²) in [5.74, 6) is -2.03. The minimum absolute atomic E-state index is 0.0971. The number of fused-ring (bicyclic) bond motifs is 1. The summed E-state index contributed by atoms with van der Waals surface area (Å²) < 4.78 is 60.4. The van der Waals surface area contributed by atoms with Gasteiger partial charge in [-0.2, -0.15) is 13.2 Å². The van der Waals surface area contributed by atoms with E-state index in [9.17, 15) is 27.2 Å². The molecule has 0 aliphatic carbocycles. The van der Waals surface area contributed by atoms with Crippen molar-refractivity contribution in [3.63, 3.8) is 0 Å².